The molecule has 0 saturated heterocycles. The average Bonchev–Trinajstić information content (AvgIpc) is 2.73. The van der Waals surface area contributed by atoms with Gasteiger partial charge in [-0.05, 0) is 23.6 Å². The molecule has 1 aromatic carbocycles. The molecule has 0 aliphatic heterocycles. The Morgan fingerprint density at radius 2 is 2.21 bits per heavy atom. The fourth-order valence-corrected chi connectivity index (χ4v) is 2.38. The maximum atomic E-state index is 11.2. The molecule has 2 rings (SSSR count). The van der Waals surface area contributed by atoms with Gasteiger partial charge in [0, 0.05) is 10.7 Å². The van der Waals surface area contributed by atoms with Gasteiger partial charge in [0.25, 0.3) is 0 Å². The van der Waals surface area contributed by atoms with E-state index >= 15 is 0 Å². The number of hydrogen-bond acceptors (Lipinski definition) is 2. The standard InChI is InChI=1S/C14H15BrN2O2/c1-9(2)13-12(14(18)19)8-17(16-13)7-10-4-3-5-11(15)6-10/h3-6,8-9H,7H2,1-2H3,(H,18,19). The van der Waals surface area contributed by atoms with Gasteiger partial charge in [0.15, 0.2) is 0 Å². The molecule has 5 heteroatoms. The van der Waals surface area contributed by atoms with Crippen molar-refractivity contribution in [3.63, 3.8) is 0 Å². The van der Waals surface area contributed by atoms with Gasteiger partial charge in [0.05, 0.1) is 12.2 Å². The van der Waals surface area contributed by atoms with Crippen molar-refractivity contribution >= 4 is 21.9 Å². The number of nitrogens with zero attached hydrogens (tertiary/aromatic N) is 2. The molecule has 0 aliphatic carbocycles. The van der Waals surface area contributed by atoms with Gasteiger partial charge < -0.3 is 5.11 Å². The molecule has 0 spiro atoms. The highest BCUT2D eigenvalue weighted by Crippen LogP contribution is 2.19. The molecule has 0 aliphatic rings. The fraction of sp³-hybridized carbons (Fsp3) is 0.286. The number of halogens is 1. The van der Waals surface area contributed by atoms with Crippen molar-refractivity contribution in [3.05, 3.63) is 51.8 Å². The summed E-state index contributed by atoms with van der Waals surface area (Å²) in [4.78, 5) is 11.2. The van der Waals surface area contributed by atoms with Gasteiger partial charge in [-0.25, -0.2) is 4.79 Å². The molecule has 0 unspecified atom stereocenters. The highest BCUT2D eigenvalue weighted by molar-refractivity contribution is 9.10. The zero-order valence-corrected chi connectivity index (χ0v) is 12.4. The van der Waals surface area contributed by atoms with Crippen LogP contribution in [0.25, 0.3) is 0 Å². The lowest BCUT2D eigenvalue weighted by Gasteiger charge is -2.03. The number of benzene rings is 1. The van der Waals surface area contributed by atoms with Crippen LogP contribution in [0.3, 0.4) is 0 Å². The van der Waals surface area contributed by atoms with Crippen LogP contribution in [-0.2, 0) is 6.54 Å². The lowest BCUT2D eigenvalue weighted by molar-refractivity contribution is 0.0695. The van der Waals surface area contributed by atoms with Crippen molar-refractivity contribution in [1.82, 2.24) is 9.78 Å². The molecule has 19 heavy (non-hydrogen) atoms. The topological polar surface area (TPSA) is 55.1 Å². The van der Waals surface area contributed by atoms with Crippen LogP contribution in [0, 0.1) is 0 Å². The first kappa shape index (κ1) is 13.8. The first-order chi connectivity index (χ1) is 8.97. The number of carboxylic acids is 1. The van der Waals surface area contributed by atoms with Crippen molar-refractivity contribution in [2.75, 3.05) is 0 Å². The average molecular weight is 323 g/mol. The third-order valence-corrected chi connectivity index (χ3v) is 3.29. The molecule has 4 nitrogen and oxygen atoms in total. The number of carbonyl (C=O) groups is 1. The molecule has 0 radical (unpaired) electrons. The summed E-state index contributed by atoms with van der Waals surface area (Å²) in [6.07, 6.45) is 1.60. The molecule has 1 aromatic heterocycles. The van der Waals surface area contributed by atoms with Crippen LogP contribution in [0.15, 0.2) is 34.9 Å². The maximum Gasteiger partial charge on any atom is 0.339 e. The van der Waals surface area contributed by atoms with Gasteiger partial charge in [-0.3, -0.25) is 4.68 Å². The van der Waals surface area contributed by atoms with Crippen molar-refractivity contribution < 1.29 is 9.90 Å². The Kier molecular flexibility index (Phi) is 4.04. The number of carboxylic acid groups (broad SMARTS) is 1. The highest BCUT2D eigenvalue weighted by atomic mass is 79.9. The molecular formula is C14H15BrN2O2. The summed E-state index contributed by atoms with van der Waals surface area (Å²) >= 11 is 3.42. The quantitative estimate of drug-likeness (QED) is 0.937. The molecule has 0 saturated carbocycles. The van der Waals surface area contributed by atoms with Gasteiger partial charge in [-0.1, -0.05) is 41.9 Å². The molecular weight excluding hydrogens is 308 g/mol. The number of hydrogen-bond donors (Lipinski definition) is 1. The minimum atomic E-state index is -0.927. The van der Waals surface area contributed by atoms with E-state index in [4.69, 9.17) is 0 Å². The number of aromatic nitrogens is 2. The lowest BCUT2D eigenvalue weighted by Crippen LogP contribution is -2.02. The Bertz CT molecular complexity index is 605. The van der Waals surface area contributed by atoms with Gasteiger partial charge in [0.2, 0.25) is 0 Å². The number of rotatable bonds is 4. The van der Waals surface area contributed by atoms with Crippen molar-refractivity contribution in [1.29, 1.82) is 0 Å². The lowest BCUT2D eigenvalue weighted by atomic mass is 10.1. The third-order valence-electron chi connectivity index (χ3n) is 2.80. The van der Waals surface area contributed by atoms with Gasteiger partial charge in [-0.2, -0.15) is 5.10 Å². The van der Waals surface area contributed by atoms with Crippen LogP contribution in [0.2, 0.25) is 0 Å². The molecule has 1 heterocycles. The second kappa shape index (κ2) is 5.57. The molecule has 0 fully saturated rings. The van der Waals surface area contributed by atoms with Crippen molar-refractivity contribution in [2.45, 2.75) is 26.3 Å². The highest BCUT2D eigenvalue weighted by Gasteiger charge is 2.17. The minimum absolute atomic E-state index is 0.0925. The van der Waals surface area contributed by atoms with E-state index in [9.17, 15) is 9.90 Å². The SMILES string of the molecule is CC(C)c1nn(Cc2cccc(Br)c2)cc1C(=O)O. The summed E-state index contributed by atoms with van der Waals surface area (Å²) in [7, 11) is 0. The van der Waals surface area contributed by atoms with Crippen LogP contribution in [0.5, 0.6) is 0 Å². The molecule has 100 valence electrons. The molecule has 1 N–H and O–H groups in total. The number of aromatic carboxylic acids is 1. The Labute approximate surface area is 120 Å². The van der Waals surface area contributed by atoms with Crippen LogP contribution < -0.4 is 0 Å². The van der Waals surface area contributed by atoms with E-state index in [1.54, 1.807) is 10.9 Å². The van der Waals surface area contributed by atoms with Crippen LogP contribution in [0.4, 0.5) is 0 Å². The molecule has 0 bridgehead atoms. The van der Waals surface area contributed by atoms with Crippen molar-refractivity contribution in [3.8, 4) is 0 Å². The summed E-state index contributed by atoms with van der Waals surface area (Å²) in [5.41, 5.74) is 1.98. The van der Waals surface area contributed by atoms with Gasteiger partial charge >= 0.3 is 5.97 Å². The summed E-state index contributed by atoms with van der Waals surface area (Å²) in [5.74, 6) is -0.834. The van der Waals surface area contributed by atoms with Gasteiger partial charge in [-0.15, -0.1) is 0 Å². The fourth-order valence-electron chi connectivity index (χ4n) is 1.93. The first-order valence-corrected chi connectivity index (χ1v) is 6.81. The Balaban J connectivity index is 2.31. The smallest absolute Gasteiger partial charge is 0.339 e. The van der Waals surface area contributed by atoms with Crippen LogP contribution in [0.1, 0.15) is 41.4 Å². The van der Waals surface area contributed by atoms with E-state index in [-0.39, 0.29) is 11.5 Å². The Morgan fingerprint density at radius 1 is 1.47 bits per heavy atom. The van der Waals surface area contributed by atoms with E-state index < -0.39 is 5.97 Å². The summed E-state index contributed by atoms with van der Waals surface area (Å²) in [6.45, 7) is 4.45. The van der Waals surface area contributed by atoms with Gasteiger partial charge in [0.1, 0.15) is 5.56 Å². The van der Waals surface area contributed by atoms with E-state index in [1.807, 2.05) is 38.1 Å². The van der Waals surface area contributed by atoms with E-state index in [0.29, 0.717) is 12.2 Å². The van der Waals surface area contributed by atoms with E-state index in [2.05, 4.69) is 21.0 Å². The normalized spacial score (nSPS) is 10.9. The monoisotopic (exact) mass is 322 g/mol. The third kappa shape index (κ3) is 3.23. The van der Waals surface area contributed by atoms with E-state index in [0.717, 1.165) is 10.0 Å². The van der Waals surface area contributed by atoms with Crippen molar-refractivity contribution in [2.24, 2.45) is 0 Å². The predicted molar refractivity (Wildman–Crippen MR) is 76.5 cm³/mol. The largest absolute Gasteiger partial charge is 0.478 e. The zero-order valence-electron chi connectivity index (χ0n) is 10.8. The second-order valence-electron chi connectivity index (χ2n) is 4.72. The second-order valence-corrected chi connectivity index (χ2v) is 5.63. The van der Waals surface area contributed by atoms with Crippen LogP contribution >= 0.6 is 15.9 Å². The first-order valence-electron chi connectivity index (χ1n) is 6.02. The Morgan fingerprint density at radius 3 is 2.74 bits per heavy atom. The molecule has 0 atom stereocenters. The summed E-state index contributed by atoms with van der Waals surface area (Å²) in [6, 6.07) is 7.89. The minimum Gasteiger partial charge on any atom is -0.478 e. The summed E-state index contributed by atoms with van der Waals surface area (Å²) in [5, 5.41) is 13.6. The molecule has 2 aromatic rings. The maximum absolute atomic E-state index is 11.2. The summed E-state index contributed by atoms with van der Waals surface area (Å²) < 4.78 is 2.68. The zero-order chi connectivity index (χ0) is 14.0. The van der Waals surface area contributed by atoms with Crippen LogP contribution in [-0.4, -0.2) is 20.9 Å². The molecule has 0 amide bonds. The predicted octanol–water partition coefficient (Wildman–Crippen LogP) is 3.52. The van der Waals surface area contributed by atoms with E-state index in [1.165, 1.54) is 0 Å². The Hall–Kier alpha value is -1.62.